The molecule has 1 saturated carbocycles. The smallest absolute Gasteiger partial charge is 0.520 e. The van der Waals surface area contributed by atoms with Gasteiger partial charge in [-0.2, -0.15) is 5.26 Å². The lowest BCUT2D eigenvalue weighted by atomic mass is 10.1. The molecule has 0 bridgehead atoms. The minimum absolute atomic E-state index is 0.278. The molecular weight excluding hydrogens is 229 g/mol. The average Bonchev–Trinajstić information content (AvgIpc) is 3.03. The predicted molar refractivity (Wildman–Crippen MR) is 55.7 cm³/mol. The zero-order valence-corrected chi connectivity index (χ0v) is 8.78. The molecule has 1 aliphatic rings. The number of rotatable bonds is 4. The van der Waals surface area contributed by atoms with Gasteiger partial charge >= 0.3 is 7.25 Å². The lowest BCUT2D eigenvalue weighted by molar-refractivity contribution is 0.371. The van der Waals surface area contributed by atoms with Crippen LogP contribution in [-0.2, 0) is 0 Å². The molecule has 0 spiro atoms. The standard InChI is InChI=1S/C10H9BF2N2O2/c12-7-1-2-9(8(13)5-7)17-11(16)15-10(6-14)3-4-10/h1-2,5,15-16H,3-4H2. The summed E-state index contributed by atoms with van der Waals surface area (Å²) in [7, 11) is -1.50. The van der Waals surface area contributed by atoms with Crippen LogP contribution in [0, 0.1) is 23.0 Å². The van der Waals surface area contributed by atoms with Crippen molar-refractivity contribution in [3.8, 4) is 11.8 Å². The molecular formula is C10H9BF2N2O2. The number of nitriles is 1. The molecule has 88 valence electrons. The Morgan fingerprint density at radius 1 is 1.47 bits per heavy atom. The number of benzene rings is 1. The highest BCUT2D eigenvalue weighted by atomic mass is 19.1. The summed E-state index contributed by atoms with van der Waals surface area (Å²) in [4.78, 5) is 0. The fourth-order valence-electron chi connectivity index (χ4n) is 1.37. The largest absolute Gasteiger partial charge is 0.624 e. The number of hydrogen-bond donors (Lipinski definition) is 2. The van der Waals surface area contributed by atoms with E-state index in [1.54, 1.807) is 0 Å². The molecule has 1 fully saturated rings. The Bertz CT molecular complexity index is 474. The van der Waals surface area contributed by atoms with Gasteiger partial charge in [-0.15, -0.1) is 0 Å². The Kier molecular flexibility index (Phi) is 3.00. The molecule has 0 heterocycles. The normalized spacial score (nSPS) is 16.1. The van der Waals surface area contributed by atoms with Gasteiger partial charge in [0.25, 0.3) is 0 Å². The van der Waals surface area contributed by atoms with Gasteiger partial charge in [-0.25, -0.2) is 8.78 Å². The predicted octanol–water partition coefficient (Wildman–Crippen LogP) is 0.967. The van der Waals surface area contributed by atoms with Gasteiger partial charge in [0.05, 0.1) is 6.07 Å². The molecule has 0 saturated heterocycles. The van der Waals surface area contributed by atoms with Gasteiger partial charge in [-0.3, -0.25) is 5.23 Å². The van der Waals surface area contributed by atoms with Crippen molar-refractivity contribution in [2.24, 2.45) is 0 Å². The molecule has 0 aromatic heterocycles. The Morgan fingerprint density at radius 3 is 2.71 bits per heavy atom. The van der Waals surface area contributed by atoms with Crippen LogP contribution in [0.1, 0.15) is 12.8 Å². The zero-order valence-electron chi connectivity index (χ0n) is 8.78. The minimum atomic E-state index is -1.50. The van der Waals surface area contributed by atoms with E-state index < -0.39 is 24.4 Å². The van der Waals surface area contributed by atoms with Crippen LogP contribution in [0.2, 0.25) is 0 Å². The first-order valence-electron chi connectivity index (χ1n) is 5.03. The second-order valence-electron chi connectivity index (χ2n) is 3.88. The molecule has 0 radical (unpaired) electrons. The van der Waals surface area contributed by atoms with Crippen LogP contribution in [0.4, 0.5) is 8.78 Å². The summed E-state index contributed by atoms with van der Waals surface area (Å²) in [5, 5.41) is 20.7. The van der Waals surface area contributed by atoms with Crippen molar-refractivity contribution < 1.29 is 18.5 Å². The number of hydrogen-bond acceptors (Lipinski definition) is 4. The molecule has 0 atom stereocenters. The van der Waals surface area contributed by atoms with Gasteiger partial charge in [0.15, 0.2) is 5.82 Å². The molecule has 2 N–H and O–H groups in total. The minimum Gasteiger partial charge on any atom is -0.520 e. The average molecular weight is 238 g/mol. The van der Waals surface area contributed by atoms with Crippen molar-refractivity contribution in [2.75, 3.05) is 0 Å². The Morgan fingerprint density at radius 2 is 2.18 bits per heavy atom. The van der Waals surface area contributed by atoms with Gasteiger partial charge in [0, 0.05) is 6.07 Å². The number of halogens is 2. The lowest BCUT2D eigenvalue weighted by Crippen LogP contribution is -2.47. The Labute approximate surface area is 97.0 Å². The van der Waals surface area contributed by atoms with Gasteiger partial charge in [0.2, 0.25) is 0 Å². The first-order chi connectivity index (χ1) is 8.04. The fraction of sp³-hybridized carbons (Fsp3) is 0.300. The van der Waals surface area contributed by atoms with Crippen molar-refractivity contribution in [1.29, 1.82) is 5.26 Å². The van der Waals surface area contributed by atoms with Crippen LogP contribution in [-0.4, -0.2) is 17.8 Å². The lowest BCUT2D eigenvalue weighted by Gasteiger charge is -2.13. The van der Waals surface area contributed by atoms with Crippen molar-refractivity contribution in [3.05, 3.63) is 29.8 Å². The fourth-order valence-corrected chi connectivity index (χ4v) is 1.37. The molecule has 4 nitrogen and oxygen atoms in total. The summed E-state index contributed by atoms with van der Waals surface area (Å²) in [6.45, 7) is 0. The maximum absolute atomic E-state index is 13.2. The summed E-state index contributed by atoms with van der Waals surface area (Å²) in [6.07, 6.45) is 1.21. The van der Waals surface area contributed by atoms with Gasteiger partial charge < -0.3 is 9.68 Å². The Balaban J connectivity index is 1.99. The van der Waals surface area contributed by atoms with E-state index in [0.29, 0.717) is 18.9 Å². The molecule has 1 aromatic carbocycles. The van der Waals surface area contributed by atoms with E-state index in [2.05, 4.69) is 5.23 Å². The van der Waals surface area contributed by atoms with Crippen molar-refractivity contribution in [1.82, 2.24) is 5.23 Å². The third-order valence-corrected chi connectivity index (χ3v) is 2.50. The molecule has 1 aliphatic carbocycles. The second-order valence-corrected chi connectivity index (χ2v) is 3.88. The monoisotopic (exact) mass is 238 g/mol. The third kappa shape index (κ3) is 2.73. The summed E-state index contributed by atoms with van der Waals surface area (Å²) in [6, 6.07) is 4.73. The van der Waals surface area contributed by atoms with E-state index in [0.717, 1.165) is 12.1 Å². The van der Waals surface area contributed by atoms with Gasteiger partial charge in [0.1, 0.15) is 17.1 Å². The Hall–Kier alpha value is -1.65. The topological polar surface area (TPSA) is 65.3 Å². The zero-order chi connectivity index (χ0) is 12.5. The maximum Gasteiger partial charge on any atom is 0.624 e. The first kappa shape index (κ1) is 11.8. The summed E-state index contributed by atoms with van der Waals surface area (Å²) in [5.74, 6) is -1.92. The number of nitrogens with one attached hydrogen (secondary N) is 1. The van der Waals surface area contributed by atoms with Crippen molar-refractivity contribution in [3.63, 3.8) is 0 Å². The quantitative estimate of drug-likeness (QED) is 0.767. The highest BCUT2D eigenvalue weighted by Crippen LogP contribution is 2.34. The molecule has 2 rings (SSSR count). The van der Waals surface area contributed by atoms with Crippen LogP contribution in [0.5, 0.6) is 5.75 Å². The molecule has 17 heavy (non-hydrogen) atoms. The van der Waals surface area contributed by atoms with Crippen molar-refractivity contribution in [2.45, 2.75) is 18.4 Å². The molecule has 0 amide bonds. The second kappa shape index (κ2) is 4.32. The van der Waals surface area contributed by atoms with Crippen LogP contribution in [0.3, 0.4) is 0 Å². The summed E-state index contributed by atoms with van der Waals surface area (Å²) >= 11 is 0. The maximum atomic E-state index is 13.2. The van der Waals surface area contributed by atoms with Gasteiger partial charge in [-0.1, -0.05) is 0 Å². The van der Waals surface area contributed by atoms with E-state index in [1.165, 1.54) is 0 Å². The number of nitrogens with zero attached hydrogens (tertiary/aromatic N) is 1. The SMILES string of the molecule is N#CC1(NB(O)Oc2ccc(F)cc2F)CC1. The van der Waals surface area contributed by atoms with Crippen LogP contribution in [0.25, 0.3) is 0 Å². The van der Waals surface area contributed by atoms with Crippen LogP contribution in [0.15, 0.2) is 18.2 Å². The van der Waals surface area contributed by atoms with E-state index in [9.17, 15) is 13.8 Å². The van der Waals surface area contributed by atoms with Crippen molar-refractivity contribution >= 4 is 7.25 Å². The van der Waals surface area contributed by atoms with E-state index >= 15 is 0 Å². The summed E-state index contributed by atoms with van der Waals surface area (Å²) < 4.78 is 30.6. The van der Waals surface area contributed by atoms with E-state index in [1.807, 2.05) is 6.07 Å². The first-order valence-corrected chi connectivity index (χ1v) is 5.03. The molecule has 1 aromatic rings. The van der Waals surface area contributed by atoms with Crippen LogP contribution < -0.4 is 9.88 Å². The van der Waals surface area contributed by atoms with E-state index in [4.69, 9.17) is 9.92 Å². The molecule has 7 heteroatoms. The highest BCUT2D eigenvalue weighted by Gasteiger charge is 2.46. The molecule has 0 aliphatic heterocycles. The van der Waals surface area contributed by atoms with Crippen LogP contribution >= 0.6 is 0 Å². The van der Waals surface area contributed by atoms with E-state index in [-0.39, 0.29) is 5.75 Å². The summed E-state index contributed by atoms with van der Waals surface area (Å²) in [5.41, 5.74) is -0.782. The highest BCUT2D eigenvalue weighted by molar-refractivity contribution is 6.41. The molecule has 0 unspecified atom stereocenters. The van der Waals surface area contributed by atoms with Gasteiger partial charge in [-0.05, 0) is 25.0 Å². The third-order valence-electron chi connectivity index (χ3n) is 2.50.